The van der Waals surface area contributed by atoms with Crippen LogP contribution in [0.2, 0.25) is 0 Å². The molecule has 0 spiro atoms. The molecule has 0 aromatic heterocycles. The van der Waals surface area contributed by atoms with Crippen LogP contribution < -0.4 is 14.8 Å². The van der Waals surface area contributed by atoms with Gasteiger partial charge in [0.1, 0.15) is 23.9 Å². The Labute approximate surface area is 166 Å². The Bertz CT molecular complexity index is 755. The molecular formula is C22H28N2O4. The molecule has 0 unspecified atom stereocenters. The Hall–Kier alpha value is -2.73. The molecule has 1 aliphatic heterocycles. The third-order valence-electron chi connectivity index (χ3n) is 4.93. The highest BCUT2D eigenvalue weighted by Crippen LogP contribution is 2.25. The van der Waals surface area contributed by atoms with Gasteiger partial charge in [-0.2, -0.15) is 0 Å². The minimum atomic E-state index is -0.0251. The van der Waals surface area contributed by atoms with Gasteiger partial charge >= 0.3 is 0 Å². The van der Waals surface area contributed by atoms with E-state index in [1.165, 1.54) is 0 Å². The van der Waals surface area contributed by atoms with Gasteiger partial charge in [0.2, 0.25) is 5.91 Å². The molecule has 6 heteroatoms. The third-order valence-corrected chi connectivity index (χ3v) is 4.93. The summed E-state index contributed by atoms with van der Waals surface area (Å²) in [5.41, 5.74) is 0.471. The number of likely N-dealkylation sites (tertiary alicyclic amines) is 1. The molecule has 0 radical (unpaired) electrons. The molecule has 28 heavy (non-hydrogen) atoms. The second kappa shape index (κ2) is 9.99. The third kappa shape index (κ3) is 5.63. The van der Waals surface area contributed by atoms with E-state index >= 15 is 0 Å². The van der Waals surface area contributed by atoms with E-state index in [0.717, 1.165) is 44.0 Å². The molecule has 0 saturated carbocycles. The van der Waals surface area contributed by atoms with Crippen molar-refractivity contribution in [3.05, 3.63) is 48.5 Å². The number of carbonyl (C=O) groups excluding carboxylic acids is 1. The molecule has 1 aliphatic rings. The maximum Gasteiger partial charge on any atom is 0.227 e. The number of rotatable bonds is 8. The van der Waals surface area contributed by atoms with Crippen molar-refractivity contribution in [3.63, 3.8) is 0 Å². The highest BCUT2D eigenvalue weighted by atomic mass is 16.5. The lowest BCUT2D eigenvalue weighted by molar-refractivity contribution is -0.121. The molecule has 2 N–H and O–H groups in total. The molecule has 1 heterocycles. The van der Waals surface area contributed by atoms with Crippen LogP contribution >= 0.6 is 0 Å². The Morgan fingerprint density at radius 2 is 1.71 bits per heavy atom. The molecule has 0 aliphatic carbocycles. The summed E-state index contributed by atoms with van der Waals surface area (Å²) in [7, 11) is 0. The van der Waals surface area contributed by atoms with Crippen LogP contribution in [0.15, 0.2) is 48.5 Å². The number of nitrogens with zero attached hydrogens (tertiary/aromatic N) is 1. The fourth-order valence-corrected chi connectivity index (χ4v) is 3.32. The molecule has 0 bridgehead atoms. The summed E-state index contributed by atoms with van der Waals surface area (Å²) in [4.78, 5) is 14.7. The Balaban J connectivity index is 1.37. The molecule has 150 valence electrons. The molecular weight excluding hydrogens is 356 g/mol. The molecule has 1 amide bonds. The number of hydrogen-bond donors (Lipinski definition) is 2. The van der Waals surface area contributed by atoms with E-state index in [-0.39, 0.29) is 17.6 Å². The SMILES string of the molecule is CCOc1ccc(OCCN2CCC(C(=O)Nc3ccccc3O)CC2)cc1. The van der Waals surface area contributed by atoms with Crippen LogP contribution in [0.1, 0.15) is 19.8 Å². The number of ether oxygens (including phenoxy) is 2. The zero-order chi connectivity index (χ0) is 19.8. The highest BCUT2D eigenvalue weighted by Gasteiger charge is 2.25. The topological polar surface area (TPSA) is 71.0 Å². The van der Waals surface area contributed by atoms with Crippen molar-refractivity contribution >= 4 is 11.6 Å². The van der Waals surface area contributed by atoms with Crippen molar-refractivity contribution in [1.29, 1.82) is 0 Å². The maximum absolute atomic E-state index is 12.4. The number of aromatic hydroxyl groups is 1. The van der Waals surface area contributed by atoms with E-state index in [4.69, 9.17) is 9.47 Å². The van der Waals surface area contributed by atoms with E-state index in [0.29, 0.717) is 18.9 Å². The van der Waals surface area contributed by atoms with Crippen molar-refractivity contribution in [1.82, 2.24) is 4.90 Å². The number of benzene rings is 2. The zero-order valence-electron chi connectivity index (χ0n) is 16.3. The normalized spacial score (nSPS) is 15.2. The quantitative estimate of drug-likeness (QED) is 0.682. The first-order valence-electron chi connectivity index (χ1n) is 9.82. The van der Waals surface area contributed by atoms with Crippen molar-refractivity contribution in [3.8, 4) is 17.2 Å². The van der Waals surface area contributed by atoms with Gasteiger partial charge in [-0.15, -0.1) is 0 Å². The van der Waals surface area contributed by atoms with Gasteiger partial charge < -0.3 is 19.9 Å². The van der Waals surface area contributed by atoms with Crippen LogP contribution in [0.4, 0.5) is 5.69 Å². The van der Waals surface area contributed by atoms with E-state index in [1.54, 1.807) is 24.3 Å². The number of amides is 1. The van der Waals surface area contributed by atoms with Gasteiger partial charge in [0.05, 0.1) is 12.3 Å². The Kier molecular flexibility index (Phi) is 7.14. The lowest BCUT2D eigenvalue weighted by Gasteiger charge is -2.31. The van der Waals surface area contributed by atoms with Crippen molar-refractivity contribution < 1.29 is 19.4 Å². The predicted octanol–water partition coefficient (Wildman–Crippen LogP) is 3.52. The minimum Gasteiger partial charge on any atom is -0.506 e. The molecule has 3 rings (SSSR count). The summed E-state index contributed by atoms with van der Waals surface area (Å²) < 4.78 is 11.2. The fourth-order valence-electron chi connectivity index (χ4n) is 3.32. The summed E-state index contributed by atoms with van der Waals surface area (Å²) in [6.07, 6.45) is 1.62. The predicted molar refractivity (Wildman–Crippen MR) is 109 cm³/mol. The second-order valence-corrected chi connectivity index (χ2v) is 6.88. The van der Waals surface area contributed by atoms with E-state index in [2.05, 4.69) is 10.2 Å². The molecule has 2 aromatic rings. The van der Waals surface area contributed by atoms with E-state index < -0.39 is 0 Å². The maximum atomic E-state index is 12.4. The zero-order valence-corrected chi connectivity index (χ0v) is 16.3. The number of carbonyl (C=O) groups is 1. The van der Waals surface area contributed by atoms with Gasteiger partial charge in [-0.25, -0.2) is 0 Å². The van der Waals surface area contributed by atoms with E-state index in [9.17, 15) is 9.90 Å². The van der Waals surface area contributed by atoms with Crippen LogP contribution in [-0.2, 0) is 4.79 Å². The number of para-hydroxylation sites is 2. The van der Waals surface area contributed by atoms with E-state index in [1.807, 2.05) is 31.2 Å². The smallest absolute Gasteiger partial charge is 0.227 e. The van der Waals surface area contributed by atoms with Crippen molar-refractivity contribution in [2.45, 2.75) is 19.8 Å². The lowest BCUT2D eigenvalue weighted by Crippen LogP contribution is -2.39. The standard InChI is InChI=1S/C22H28N2O4/c1-2-27-18-7-9-19(10-8-18)28-16-15-24-13-11-17(12-14-24)22(26)23-20-5-3-4-6-21(20)25/h3-10,17,25H,2,11-16H2,1H3,(H,23,26). The van der Waals surface area contributed by atoms with Gasteiger partial charge in [0.15, 0.2) is 0 Å². The number of piperidine rings is 1. The average molecular weight is 384 g/mol. The van der Waals surface area contributed by atoms with Crippen LogP contribution in [-0.4, -0.2) is 48.8 Å². The molecule has 2 aromatic carbocycles. The second-order valence-electron chi connectivity index (χ2n) is 6.88. The molecule has 1 fully saturated rings. The monoisotopic (exact) mass is 384 g/mol. The molecule has 0 atom stereocenters. The first-order valence-corrected chi connectivity index (χ1v) is 9.82. The minimum absolute atomic E-state index is 0.0215. The van der Waals surface area contributed by atoms with Crippen molar-refractivity contribution in [2.75, 3.05) is 38.2 Å². The summed E-state index contributed by atoms with van der Waals surface area (Å²) >= 11 is 0. The first-order chi connectivity index (χ1) is 13.7. The highest BCUT2D eigenvalue weighted by molar-refractivity contribution is 5.93. The van der Waals surface area contributed by atoms with Crippen LogP contribution in [0.5, 0.6) is 17.2 Å². The Morgan fingerprint density at radius 3 is 2.36 bits per heavy atom. The molecule has 6 nitrogen and oxygen atoms in total. The largest absolute Gasteiger partial charge is 0.506 e. The number of hydrogen-bond acceptors (Lipinski definition) is 5. The van der Waals surface area contributed by atoms with Crippen molar-refractivity contribution in [2.24, 2.45) is 5.92 Å². The summed E-state index contributed by atoms with van der Waals surface area (Å²) in [5, 5.41) is 12.6. The van der Waals surface area contributed by atoms with Gasteiger partial charge in [0, 0.05) is 12.5 Å². The fraction of sp³-hybridized carbons (Fsp3) is 0.409. The molecule has 1 saturated heterocycles. The van der Waals surface area contributed by atoms with Gasteiger partial charge in [-0.05, 0) is 69.3 Å². The van der Waals surface area contributed by atoms with Gasteiger partial charge in [-0.1, -0.05) is 12.1 Å². The number of anilines is 1. The lowest BCUT2D eigenvalue weighted by atomic mass is 9.96. The van der Waals surface area contributed by atoms with Crippen LogP contribution in [0.3, 0.4) is 0 Å². The summed E-state index contributed by atoms with van der Waals surface area (Å²) in [6.45, 7) is 5.80. The van der Waals surface area contributed by atoms with Gasteiger partial charge in [-0.3, -0.25) is 9.69 Å². The summed E-state index contributed by atoms with van der Waals surface area (Å²) in [6, 6.07) is 14.5. The number of phenols is 1. The number of nitrogens with one attached hydrogen (secondary N) is 1. The first kappa shape index (κ1) is 20.0. The summed E-state index contributed by atoms with van der Waals surface area (Å²) in [5.74, 6) is 1.73. The number of phenolic OH excluding ortho intramolecular Hbond substituents is 1. The Morgan fingerprint density at radius 1 is 1.07 bits per heavy atom. The van der Waals surface area contributed by atoms with Crippen LogP contribution in [0, 0.1) is 5.92 Å². The van der Waals surface area contributed by atoms with Crippen LogP contribution in [0.25, 0.3) is 0 Å². The van der Waals surface area contributed by atoms with Gasteiger partial charge in [0.25, 0.3) is 0 Å². The average Bonchev–Trinajstić information content (AvgIpc) is 2.72.